The maximum Gasteiger partial charge on any atom is 0.282 e. The highest BCUT2D eigenvalue weighted by atomic mass is 35.5. The second kappa shape index (κ2) is 9.30. The first-order chi connectivity index (χ1) is 10.0. The number of alkyl halides is 1. The smallest absolute Gasteiger partial charge is 0.282 e. The van der Waals surface area contributed by atoms with Gasteiger partial charge < -0.3 is 4.74 Å². The second-order valence-electron chi connectivity index (χ2n) is 5.60. The van der Waals surface area contributed by atoms with Gasteiger partial charge in [-0.25, -0.2) is 0 Å². The van der Waals surface area contributed by atoms with Crippen molar-refractivity contribution >= 4 is 21.8 Å². The topological polar surface area (TPSA) is 49.9 Å². The van der Waals surface area contributed by atoms with Gasteiger partial charge >= 0.3 is 0 Å². The van der Waals surface area contributed by atoms with E-state index in [0.29, 0.717) is 32.1 Å². The highest BCUT2D eigenvalue weighted by Crippen LogP contribution is 2.24. The summed E-state index contributed by atoms with van der Waals surface area (Å²) >= 11 is 5.92. The fourth-order valence-corrected chi connectivity index (χ4v) is 5.16. The third-order valence-electron chi connectivity index (χ3n) is 4.19. The molecule has 1 aliphatic rings. The molecule has 1 atom stereocenters. The van der Waals surface area contributed by atoms with E-state index in [0.717, 1.165) is 25.7 Å². The van der Waals surface area contributed by atoms with E-state index in [1.807, 2.05) is 13.8 Å². The van der Waals surface area contributed by atoms with Crippen molar-refractivity contribution in [1.29, 1.82) is 0 Å². The minimum Gasteiger partial charge on any atom is -0.383 e. The standard InChI is InChI=1S/C14H29ClN2O3S/c1-4-14(5-2)17(9-10-20-3)21(18,19)16-8-6-7-13(11-15)12-16/h13-14H,4-12H2,1-3H3. The predicted octanol–water partition coefficient (Wildman–Crippen LogP) is 2.32. The molecule has 0 radical (unpaired) electrons. The van der Waals surface area contributed by atoms with Gasteiger partial charge in [-0.3, -0.25) is 0 Å². The number of piperidine rings is 1. The van der Waals surface area contributed by atoms with Gasteiger partial charge in [0.1, 0.15) is 0 Å². The van der Waals surface area contributed by atoms with Gasteiger partial charge in [-0.2, -0.15) is 17.0 Å². The normalized spacial score (nSPS) is 21.3. The van der Waals surface area contributed by atoms with Crippen LogP contribution < -0.4 is 0 Å². The first-order valence-corrected chi connectivity index (χ1v) is 9.76. The predicted molar refractivity (Wildman–Crippen MR) is 86.9 cm³/mol. The molecule has 5 nitrogen and oxygen atoms in total. The van der Waals surface area contributed by atoms with Gasteiger partial charge in [-0.05, 0) is 31.6 Å². The molecule has 21 heavy (non-hydrogen) atoms. The number of ether oxygens (including phenoxy) is 1. The van der Waals surface area contributed by atoms with Crippen LogP contribution in [0.25, 0.3) is 0 Å². The lowest BCUT2D eigenvalue weighted by Gasteiger charge is -2.37. The molecule has 126 valence electrons. The van der Waals surface area contributed by atoms with Gasteiger partial charge in [0.05, 0.1) is 6.61 Å². The van der Waals surface area contributed by atoms with Crippen molar-refractivity contribution in [2.45, 2.75) is 45.6 Å². The number of hydrogen-bond acceptors (Lipinski definition) is 3. The van der Waals surface area contributed by atoms with Crippen LogP contribution in [-0.4, -0.2) is 62.3 Å². The zero-order valence-electron chi connectivity index (χ0n) is 13.4. The minimum absolute atomic E-state index is 0.0292. The maximum absolute atomic E-state index is 13.0. The zero-order chi connectivity index (χ0) is 15.9. The summed E-state index contributed by atoms with van der Waals surface area (Å²) in [7, 11) is -1.84. The molecule has 0 aromatic rings. The minimum atomic E-state index is -3.43. The van der Waals surface area contributed by atoms with Gasteiger partial charge in [0, 0.05) is 38.7 Å². The van der Waals surface area contributed by atoms with Crippen molar-refractivity contribution in [2.24, 2.45) is 5.92 Å². The fourth-order valence-electron chi connectivity index (χ4n) is 2.87. The largest absolute Gasteiger partial charge is 0.383 e. The molecule has 0 N–H and O–H groups in total. The Kier molecular flexibility index (Phi) is 8.49. The molecule has 1 saturated heterocycles. The molecule has 0 bridgehead atoms. The Hall–Kier alpha value is 0.120. The van der Waals surface area contributed by atoms with Gasteiger partial charge in [-0.15, -0.1) is 11.6 Å². The summed E-state index contributed by atoms with van der Waals surface area (Å²) in [4.78, 5) is 0. The highest BCUT2D eigenvalue weighted by molar-refractivity contribution is 7.86. The van der Waals surface area contributed by atoms with E-state index < -0.39 is 10.2 Å². The van der Waals surface area contributed by atoms with E-state index in [4.69, 9.17) is 16.3 Å². The first kappa shape index (κ1) is 19.2. The number of rotatable bonds is 9. The van der Waals surface area contributed by atoms with E-state index in [9.17, 15) is 8.42 Å². The molecule has 1 rings (SSSR count). The second-order valence-corrected chi connectivity index (χ2v) is 7.79. The van der Waals surface area contributed by atoms with Crippen LogP contribution in [0.3, 0.4) is 0 Å². The molecule has 1 unspecified atom stereocenters. The number of halogens is 1. The van der Waals surface area contributed by atoms with Crippen molar-refractivity contribution in [3.05, 3.63) is 0 Å². The van der Waals surface area contributed by atoms with E-state index in [1.165, 1.54) is 0 Å². The molecule has 0 aromatic heterocycles. The molecule has 0 amide bonds. The van der Waals surface area contributed by atoms with Crippen molar-refractivity contribution in [2.75, 3.05) is 39.2 Å². The lowest BCUT2D eigenvalue weighted by molar-refractivity contribution is 0.155. The SMILES string of the molecule is CCC(CC)N(CCOC)S(=O)(=O)N1CCCC(CCl)C1. The zero-order valence-corrected chi connectivity index (χ0v) is 15.0. The molecular weight excluding hydrogens is 312 g/mol. The summed E-state index contributed by atoms with van der Waals surface area (Å²) in [5, 5.41) is 0. The number of nitrogens with zero attached hydrogens (tertiary/aromatic N) is 2. The van der Waals surface area contributed by atoms with Crippen LogP contribution in [0.1, 0.15) is 39.5 Å². The van der Waals surface area contributed by atoms with Crippen LogP contribution >= 0.6 is 11.6 Å². The highest BCUT2D eigenvalue weighted by Gasteiger charge is 2.35. The van der Waals surface area contributed by atoms with E-state index in [1.54, 1.807) is 15.7 Å². The number of hydrogen-bond donors (Lipinski definition) is 0. The van der Waals surface area contributed by atoms with Gasteiger partial charge in [0.2, 0.25) is 0 Å². The Morgan fingerprint density at radius 2 is 2.05 bits per heavy atom. The third kappa shape index (κ3) is 5.06. The molecule has 7 heteroatoms. The lowest BCUT2D eigenvalue weighted by Crippen LogP contribution is -2.52. The summed E-state index contributed by atoms with van der Waals surface area (Å²) < 4.78 is 34.2. The summed E-state index contributed by atoms with van der Waals surface area (Å²) in [5.41, 5.74) is 0. The van der Waals surface area contributed by atoms with Crippen LogP contribution in [0, 0.1) is 5.92 Å². The fraction of sp³-hybridized carbons (Fsp3) is 1.00. The quantitative estimate of drug-likeness (QED) is 0.605. The van der Waals surface area contributed by atoms with Crippen LogP contribution in [0.5, 0.6) is 0 Å². The third-order valence-corrected chi connectivity index (χ3v) is 6.68. The first-order valence-electron chi connectivity index (χ1n) is 7.83. The Bertz CT molecular complexity index is 388. The van der Waals surface area contributed by atoms with Crippen LogP contribution in [0.2, 0.25) is 0 Å². The Morgan fingerprint density at radius 3 is 2.57 bits per heavy atom. The Balaban J connectivity index is 2.91. The molecule has 1 heterocycles. The molecule has 1 fully saturated rings. The maximum atomic E-state index is 13.0. The Morgan fingerprint density at radius 1 is 1.38 bits per heavy atom. The Labute approximate surface area is 134 Å². The van der Waals surface area contributed by atoms with Gasteiger partial charge in [0.15, 0.2) is 0 Å². The average molecular weight is 341 g/mol. The van der Waals surface area contributed by atoms with Crippen LogP contribution in [0.4, 0.5) is 0 Å². The summed E-state index contributed by atoms with van der Waals surface area (Å²) in [5.74, 6) is 0.788. The van der Waals surface area contributed by atoms with Crippen LogP contribution in [-0.2, 0) is 14.9 Å². The monoisotopic (exact) mass is 340 g/mol. The molecule has 0 aromatic carbocycles. The molecular formula is C14H29ClN2O3S. The van der Waals surface area contributed by atoms with Gasteiger partial charge in [-0.1, -0.05) is 13.8 Å². The van der Waals surface area contributed by atoms with Crippen molar-refractivity contribution < 1.29 is 13.2 Å². The van der Waals surface area contributed by atoms with E-state index >= 15 is 0 Å². The van der Waals surface area contributed by atoms with Crippen molar-refractivity contribution in [3.63, 3.8) is 0 Å². The summed E-state index contributed by atoms with van der Waals surface area (Å²) in [6.07, 6.45) is 3.52. The van der Waals surface area contributed by atoms with Crippen LogP contribution in [0.15, 0.2) is 0 Å². The van der Waals surface area contributed by atoms with E-state index in [2.05, 4.69) is 0 Å². The van der Waals surface area contributed by atoms with E-state index in [-0.39, 0.29) is 12.0 Å². The lowest BCUT2D eigenvalue weighted by atomic mass is 10.0. The molecule has 0 aliphatic carbocycles. The number of methoxy groups -OCH3 is 1. The molecule has 0 spiro atoms. The molecule has 1 aliphatic heterocycles. The van der Waals surface area contributed by atoms with Crippen molar-refractivity contribution in [3.8, 4) is 0 Å². The van der Waals surface area contributed by atoms with Gasteiger partial charge in [0.25, 0.3) is 10.2 Å². The molecule has 0 saturated carbocycles. The average Bonchev–Trinajstić information content (AvgIpc) is 2.51. The van der Waals surface area contributed by atoms with Crippen molar-refractivity contribution in [1.82, 2.24) is 8.61 Å². The summed E-state index contributed by atoms with van der Waals surface area (Å²) in [6, 6.07) is 0.0292. The summed E-state index contributed by atoms with van der Waals surface area (Å²) in [6.45, 7) is 6.02.